The third kappa shape index (κ3) is 2.95. The summed E-state index contributed by atoms with van der Waals surface area (Å²) in [6.45, 7) is 1.91. The first kappa shape index (κ1) is 13.2. The van der Waals surface area contributed by atoms with Gasteiger partial charge in [0, 0.05) is 25.6 Å². The maximum absolute atomic E-state index is 8.74. The monoisotopic (exact) mass is 259 g/mol. The van der Waals surface area contributed by atoms with Gasteiger partial charge in [0.05, 0.1) is 42.2 Å². The van der Waals surface area contributed by atoms with Crippen LogP contribution in [0.5, 0.6) is 0 Å². The number of nitrogen functional groups attached to an aromatic ring is 1. The van der Waals surface area contributed by atoms with Gasteiger partial charge in [-0.1, -0.05) is 0 Å². The summed E-state index contributed by atoms with van der Waals surface area (Å²) in [6, 6.07) is 6.00. The number of aromatic nitrogens is 2. The van der Waals surface area contributed by atoms with Crippen LogP contribution in [0.15, 0.2) is 18.3 Å². The molecule has 0 aliphatic carbocycles. The van der Waals surface area contributed by atoms with Crippen LogP contribution in [-0.2, 0) is 4.74 Å². The number of nitrogens with two attached hydrogens (primary N) is 1. The van der Waals surface area contributed by atoms with Gasteiger partial charge in [0.1, 0.15) is 0 Å². The molecule has 0 aliphatic rings. The molecule has 6 nitrogen and oxygen atoms in total. The van der Waals surface area contributed by atoms with Crippen molar-refractivity contribution in [3.63, 3.8) is 0 Å². The fraction of sp³-hybridized carbons (Fsp3) is 0.385. The largest absolute Gasteiger partial charge is 0.397 e. The predicted octanol–water partition coefficient (Wildman–Crippen LogP) is 1.51. The lowest BCUT2D eigenvalue weighted by Gasteiger charge is -2.25. The Morgan fingerprint density at radius 1 is 1.47 bits per heavy atom. The Labute approximate surface area is 111 Å². The molecule has 0 saturated heterocycles. The minimum atomic E-state index is 0.449. The summed E-state index contributed by atoms with van der Waals surface area (Å²) in [6.07, 6.45) is 2.19. The molecule has 0 spiro atoms. The van der Waals surface area contributed by atoms with Crippen molar-refractivity contribution in [2.24, 2.45) is 0 Å². The van der Waals surface area contributed by atoms with Gasteiger partial charge in [-0.15, -0.1) is 0 Å². The Kier molecular flexibility index (Phi) is 4.21. The molecule has 6 heteroatoms. The van der Waals surface area contributed by atoms with Gasteiger partial charge >= 0.3 is 0 Å². The first-order valence-corrected chi connectivity index (χ1v) is 6.09. The summed E-state index contributed by atoms with van der Waals surface area (Å²) < 4.78 is 5.10. The maximum atomic E-state index is 8.74. The summed E-state index contributed by atoms with van der Waals surface area (Å²) in [5.74, 6) is 0. The molecule has 0 amide bonds. The van der Waals surface area contributed by atoms with Crippen LogP contribution in [-0.4, -0.2) is 37.0 Å². The van der Waals surface area contributed by atoms with Crippen molar-refractivity contribution in [3.8, 4) is 6.07 Å². The second-order valence-corrected chi connectivity index (χ2v) is 4.26. The minimum absolute atomic E-state index is 0.449. The van der Waals surface area contributed by atoms with Gasteiger partial charge in [0.15, 0.2) is 0 Å². The predicted molar refractivity (Wildman–Crippen MR) is 74.8 cm³/mol. The zero-order valence-electron chi connectivity index (χ0n) is 10.9. The van der Waals surface area contributed by atoms with E-state index in [1.54, 1.807) is 13.3 Å². The van der Waals surface area contributed by atoms with E-state index >= 15 is 0 Å². The number of methoxy groups -OCH3 is 1. The van der Waals surface area contributed by atoms with Crippen LogP contribution in [0.1, 0.15) is 6.42 Å². The van der Waals surface area contributed by atoms with E-state index in [1.807, 2.05) is 12.1 Å². The average molecular weight is 259 g/mol. The van der Waals surface area contributed by atoms with Crippen LogP contribution in [0, 0.1) is 11.3 Å². The number of hydrogen-bond acceptors (Lipinski definition) is 5. The molecule has 3 N–H and O–H groups in total. The molecule has 1 aromatic heterocycles. The van der Waals surface area contributed by atoms with Crippen molar-refractivity contribution in [1.82, 2.24) is 10.2 Å². The highest BCUT2D eigenvalue weighted by Crippen LogP contribution is 2.28. The molecule has 2 aromatic rings. The summed E-state index contributed by atoms with van der Waals surface area (Å²) in [5.41, 5.74) is 8.61. The third-order valence-electron chi connectivity index (χ3n) is 2.99. The maximum Gasteiger partial charge on any atom is 0.0672 e. The van der Waals surface area contributed by atoms with Gasteiger partial charge in [-0.3, -0.25) is 5.10 Å². The van der Waals surface area contributed by atoms with Crippen molar-refractivity contribution in [3.05, 3.63) is 18.3 Å². The van der Waals surface area contributed by atoms with Crippen LogP contribution < -0.4 is 10.6 Å². The smallest absolute Gasteiger partial charge is 0.0672 e. The normalized spacial score (nSPS) is 10.5. The standard InChI is InChI=1S/C13H17N5O/c1-19-6-5-18(4-2-3-14)13-8-12-10(7-11(13)15)9-16-17-12/h7-9H,2,4-6,15H2,1H3,(H,16,17). The molecule has 0 aliphatic heterocycles. The Bertz CT molecular complexity index is 586. The van der Waals surface area contributed by atoms with Crippen molar-refractivity contribution < 1.29 is 4.74 Å². The summed E-state index contributed by atoms with van der Waals surface area (Å²) in [7, 11) is 1.66. The van der Waals surface area contributed by atoms with Gasteiger partial charge in [0.25, 0.3) is 0 Å². The molecule has 0 radical (unpaired) electrons. The number of fused-ring (bicyclic) bond motifs is 1. The molecule has 100 valence electrons. The van der Waals surface area contributed by atoms with Gasteiger partial charge in [-0.2, -0.15) is 10.4 Å². The Hall–Kier alpha value is -2.26. The Morgan fingerprint density at radius 3 is 3.05 bits per heavy atom. The first-order valence-electron chi connectivity index (χ1n) is 6.09. The lowest BCUT2D eigenvalue weighted by atomic mass is 10.2. The topological polar surface area (TPSA) is 91.0 Å². The number of nitrogens with zero attached hydrogens (tertiary/aromatic N) is 3. The number of nitrogens with one attached hydrogen (secondary N) is 1. The van der Waals surface area contributed by atoms with Gasteiger partial charge in [-0.25, -0.2) is 0 Å². The van der Waals surface area contributed by atoms with Crippen molar-refractivity contribution >= 4 is 22.3 Å². The molecular formula is C13H17N5O. The van der Waals surface area contributed by atoms with Crippen LogP contribution in [0.4, 0.5) is 11.4 Å². The number of H-pyrrole nitrogens is 1. The number of rotatable bonds is 6. The van der Waals surface area contributed by atoms with E-state index in [0.717, 1.165) is 16.6 Å². The fourth-order valence-electron chi connectivity index (χ4n) is 2.01. The lowest BCUT2D eigenvalue weighted by molar-refractivity contribution is 0.205. The minimum Gasteiger partial charge on any atom is -0.397 e. The fourth-order valence-corrected chi connectivity index (χ4v) is 2.01. The van der Waals surface area contributed by atoms with Crippen LogP contribution >= 0.6 is 0 Å². The van der Waals surface area contributed by atoms with Crippen LogP contribution in [0.3, 0.4) is 0 Å². The van der Waals surface area contributed by atoms with Crippen LogP contribution in [0.25, 0.3) is 10.9 Å². The zero-order chi connectivity index (χ0) is 13.7. The van der Waals surface area contributed by atoms with Crippen molar-refractivity contribution in [2.75, 3.05) is 37.4 Å². The molecule has 0 saturated carbocycles. The second kappa shape index (κ2) is 6.07. The number of anilines is 2. The molecule has 19 heavy (non-hydrogen) atoms. The van der Waals surface area contributed by atoms with E-state index in [2.05, 4.69) is 21.2 Å². The van der Waals surface area contributed by atoms with E-state index < -0.39 is 0 Å². The van der Waals surface area contributed by atoms with Gasteiger partial charge in [-0.05, 0) is 12.1 Å². The van der Waals surface area contributed by atoms with Crippen molar-refractivity contribution in [2.45, 2.75) is 6.42 Å². The molecule has 1 heterocycles. The summed E-state index contributed by atoms with van der Waals surface area (Å²) >= 11 is 0. The highest BCUT2D eigenvalue weighted by Gasteiger charge is 2.11. The number of hydrogen-bond donors (Lipinski definition) is 2. The van der Waals surface area contributed by atoms with E-state index in [1.165, 1.54) is 0 Å². The second-order valence-electron chi connectivity index (χ2n) is 4.26. The Morgan fingerprint density at radius 2 is 2.32 bits per heavy atom. The number of benzene rings is 1. The molecule has 0 bridgehead atoms. The van der Waals surface area contributed by atoms with Crippen LogP contribution in [0.2, 0.25) is 0 Å². The molecule has 0 fully saturated rings. The van der Waals surface area contributed by atoms with E-state index in [-0.39, 0.29) is 0 Å². The summed E-state index contributed by atoms with van der Waals surface area (Å²) in [4.78, 5) is 2.06. The number of nitriles is 1. The highest BCUT2D eigenvalue weighted by atomic mass is 16.5. The zero-order valence-corrected chi connectivity index (χ0v) is 10.9. The van der Waals surface area contributed by atoms with Gasteiger partial charge < -0.3 is 15.4 Å². The third-order valence-corrected chi connectivity index (χ3v) is 2.99. The Balaban J connectivity index is 2.30. The van der Waals surface area contributed by atoms with Gasteiger partial charge in [0.2, 0.25) is 0 Å². The lowest BCUT2D eigenvalue weighted by Crippen LogP contribution is -2.28. The first-order chi connectivity index (χ1) is 9.26. The van der Waals surface area contributed by atoms with E-state index in [4.69, 9.17) is 15.7 Å². The quantitative estimate of drug-likeness (QED) is 0.767. The SMILES string of the molecule is COCCN(CCC#N)c1cc2[nH]ncc2cc1N. The molecule has 2 rings (SSSR count). The molecule has 0 atom stereocenters. The summed E-state index contributed by atoms with van der Waals surface area (Å²) in [5, 5.41) is 16.6. The molecule has 0 unspecified atom stereocenters. The molecular weight excluding hydrogens is 242 g/mol. The number of ether oxygens (including phenoxy) is 1. The highest BCUT2D eigenvalue weighted by molar-refractivity contribution is 5.88. The van der Waals surface area contributed by atoms with E-state index in [9.17, 15) is 0 Å². The van der Waals surface area contributed by atoms with Crippen molar-refractivity contribution in [1.29, 1.82) is 5.26 Å². The van der Waals surface area contributed by atoms with E-state index in [0.29, 0.717) is 31.8 Å². The average Bonchev–Trinajstić information content (AvgIpc) is 2.85. The number of aromatic amines is 1. The molecule has 1 aromatic carbocycles.